The van der Waals surface area contributed by atoms with E-state index in [1.165, 1.54) is 44.9 Å². The number of fused-ring (bicyclic) bond motifs is 7. The Hall–Kier alpha value is -0.570. The molecule has 2 aliphatic heterocycles. The van der Waals surface area contributed by atoms with Crippen molar-refractivity contribution in [1.29, 1.82) is 0 Å². The predicted octanol–water partition coefficient (Wildman–Crippen LogP) is 2.07. The topological polar surface area (TPSA) is 41.1 Å². The van der Waals surface area contributed by atoms with Crippen molar-refractivity contribution in [3.8, 4) is 0 Å². The summed E-state index contributed by atoms with van der Waals surface area (Å²) in [6.07, 6.45) is 10.3. The van der Waals surface area contributed by atoms with Crippen LogP contribution in [0.4, 0.5) is 0 Å². The Bertz CT molecular complexity index is 403. The van der Waals surface area contributed by atoms with Gasteiger partial charge in [0.15, 0.2) is 0 Å². The third-order valence-corrected chi connectivity index (χ3v) is 7.11. The highest BCUT2D eigenvalue weighted by Gasteiger charge is 2.65. The van der Waals surface area contributed by atoms with Gasteiger partial charge in [0.05, 0.1) is 0 Å². The van der Waals surface area contributed by atoms with Gasteiger partial charge in [0.2, 0.25) is 5.91 Å². The monoisotopic (exact) mass is 274 g/mol. The highest BCUT2D eigenvalue weighted by molar-refractivity contribution is 5.77. The largest absolute Gasteiger partial charge is 0.353 e. The average Bonchev–Trinajstić information content (AvgIpc) is 2.80. The molecule has 5 fully saturated rings. The predicted molar refractivity (Wildman–Crippen MR) is 77.0 cm³/mol. The Kier molecular flexibility index (Phi) is 2.54. The summed E-state index contributed by atoms with van der Waals surface area (Å²) in [5.74, 6) is 4.68. The van der Waals surface area contributed by atoms with Crippen LogP contribution >= 0.6 is 0 Å². The van der Waals surface area contributed by atoms with Gasteiger partial charge in [-0.3, -0.25) is 4.79 Å². The van der Waals surface area contributed by atoms with E-state index in [0.29, 0.717) is 30.0 Å². The lowest BCUT2D eigenvalue weighted by Gasteiger charge is -2.28. The molecular weight excluding hydrogens is 248 g/mol. The molecule has 0 aromatic carbocycles. The Morgan fingerprint density at radius 3 is 2.25 bits per heavy atom. The van der Waals surface area contributed by atoms with E-state index in [0.717, 1.165) is 30.1 Å². The van der Waals surface area contributed by atoms with Crippen molar-refractivity contribution in [2.45, 2.75) is 69.5 Å². The lowest BCUT2D eigenvalue weighted by Crippen LogP contribution is -2.40. The molecule has 110 valence electrons. The minimum absolute atomic E-state index is 0.357. The number of carbonyl (C=O) groups is 1. The van der Waals surface area contributed by atoms with E-state index in [-0.39, 0.29) is 0 Å². The van der Waals surface area contributed by atoms with E-state index in [2.05, 4.69) is 10.6 Å². The maximum Gasteiger partial charge on any atom is 0.220 e. The molecule has 0 spiro atoms. The number of amides is 1. The molecule has 1 amide bonds. The van der Waals surface area contributed by atoms with E-state index < -0.39 is 0 Å². The van der Waals surface area contributed by atoms with Crippen molar-refractivity contribution in [3.05, 3.63) is 0 Å². The second kappa shape index (κ2) is 4.22. The van der Waals surface area contributed by atoms with Crippen LogP contribution in [0.25, 0.3) is 0 Å². The van der Waals surface area contributed by atoms with Gasteiger partial charge in [-0.1, -0.05) is 0 Å². The standard InChI is InChI=1S/C17H26N2O/c20-14(7-9-5-12-3-4-13(6-9)18-12)19-17-15-10-1-2-11(8-10)16(15)17/h9-13,15-18H,1-8H2,(H,19,20). The number of nitrogens with one attached hydrogen (secondary N) is 2. The van der Waals surface area contributed by atoms with Gasteiger partial charge in [-0.25, -0.2) is 0 Å². The first-order valence-electron chi connectivity index (χ1n) is 8.83. The van der Waals surface area contributed by atoms with Gasteiger partial charge in [-0.05, 0) is 74.5 Å². The van der Waals surface area contributed by atoms with Crippen LogP contribution in [0.2, 0.25) is 0 Å². The molecule has 0 radical (unpaired) electrons. The number of hydrogen-bond donors (Lipinski definition) is 2. The lowest BCUT2D eigenvalue weighted by atomic mass is 9.89. The summed E-state index contributed by atoms with van der Waals surface area (Å²) >= 11 is 0. The SMILES string of the molecule is O=C(CC1CC2CCC(C1)N2)NC1C2C3CCC(C3)C12. The molecule has 3 heteroatoms. The van der Waals surface area contributed by atoms with Crippen molar-refractivity contribution in [2.24, 2.45) is 29.6 Å². The number of carbonyl (C=O) groups excluding carboxylic acids is 1. The van der Waals surface area contributed by atoms with Crippen LogP contribution in [-0.4, -0.2) is 24.0 Å². The van der Waals surface area contributed by atoms with Crippen LogP contribution in [0.1, 0.15) is 51.4 Å². The van der Waals surface area contributed by atoms with Crippen LogP contribution in [-0.2, 0) is 4.79 Å². The zero-order valence-electron chi connectivity index (χ0n) is 12.2. The zero-order valence-corrected chi connectivity index (χ0v) is 12.2. The quantitative estimate of drug-likeness (QED) is 0.827. The maximum absolute atomic E-state index is 12.3. The highest BCUT2D eigenvalue weighted by Crippen LogP contribution is 2.65. The summed E-state index contributed by atoms with van der Waals surface area (Å²) in [5, 5.41) is 7.06. The summed E-state index contributed by atoms with van der Waals surface area (Å²) in [6, 6.07) is 2.00. The van der Waals surface area contributed by atoms with Gasteiger partial charge in [0.25, 0.3) is 0 Å². The second-order valence-corrected chi connectivity index (χ2v) is 8.26. The maximum atomic E-state index is 12.3. The first kappa shape index (κ1) is 12.0. The normalized spacial score (nSPS) is 54.8. The fourth-order valence-corrected chi connectivity index (χ4v) is 6.37. The average molecular weight is 274 g/mol. The minimum Gasteiger partial charge on any atom is -0.353 e. The zero-order chi connectivity index (χ0) is 13.3. The summed E-state index contributed by atoms with van der Waals surface area (Å²) in [6.45, 7) is 0. The fraction of sp³-hybridized carbons (Fsp3) is 0.941. The molecular formula is C17H26N2O. The minimum atomic E-state index is 0.357. The van der Waals surface area contributed by atoms with Crippen molar-refractivity contribution < 1.29 is 4.79 Å². The molecule has 0 aromatic rings. The molecule has 6 atom stereocenters. The van der Waals surface area contributed by atoms with Crippen LogP contribution in [0.15, 0.2) is 0 Å². The molecule has 5 rings (SSSR count). The van der Waals surface area contributed by atoms with E-state index in [1.54, 1.807) is 0 Å². The molecule has 5 aliphatic rings. The smallest absolute Gasteiger partial charge is 0.220 e. The van der Waals surface area contributed by atoms with Gasteiger partial charge in [-0.15, -0.1) is 0 Å². The number of piperidine rings is 1. The molecule has 2 saturated heterocycles. The lowest BCUT2D eigenvalue weighted by molar-refractivity contribution is -0.122. The Labute approximate surface area is 121 Å². The van der Waals surface area contributed by atoms with E-state index in [1.807, 2.05) is 0 Å². The molecule has 3 saturated carbocycles. The molecule has 2 heterocycles. The number of hydrogen-bond acceptors (Lipinski definition) is 2. The number of rotatable bonds is 3. The van der Waals surface area contributed by atoms with Crippen molar-refractivity contribution >= 4 is 5.91 Å². The van der Waals surface area contributed by atoms with Gasteiger partial charge < -0.3 is 10.6 Å². The van der Waals surface area contributed by atoms with E-state index in [4.69, 9.17) is 0 Å². The molecule has 0 aromatic heterocycles. The van der Waals surface area contributed by atoms with Gasteiger partial charge in [0, 0.05) is 24.5 Å². The Morgan fingerprint density at radius 1 is 0.950 bits per heavy atom. The highest BCUT2D eigenvalue weighted by atomic mass is 16.1. The van der Waals surface area contributed by atoms with E-state index >= 15 is 0 Å². The Morgan fingerprint density at radius 2 is 1.60 bits per heavy atom. The van der Waals surface area contributed by atoms with Crippen LogP contribution in [0, 0.1) is 29.6 Å². The summed E-state index contributed by atoms with van der Waals surface area (Å²) < 4.78 is 0. The van der Waals surface area contributed by atoms with Crippen molar-refractivity contribution in [2.75, 3.05) is 0 Å². The molecule has 2 N–H and O–H groups in total. The van der Waals surface area contributed by atoms with Gasteiger partial charge in [0.1, 0.15) is 0 Å². The first-order chi connectivity index (χ1) is 9.78. The van der Waals surface area contributed by atoms with Gasteiger partial charge >= 0.3 is 0 Å². The van der Waals surface area contributed by atoms with Crippen molar-refractivity contribution in [3.63, 3.8) is 0 Å². The molecule has 3 aliphatic carbocycles. The van der Waals surface area contributed by atoms with Crippen molar-refractivity contribution in [1.82, 2.24) is 10.6 Å². The third-order valence-electron chi connectivity index (χ3n) is 7.11. The van der Waals surface area contributed by atoms with Crippen LogP contribution in [0.5, 0.6) is 0 Å². The molecule has 6 unspecified atom stereocenters. The molecule has 3 nitrogen and oxygen atoms in total. The third kappa shape index (κ3) is 1.78. The summed E-state index contributed by atoms with van der Waals surface area (Å²) in [7, 11) is 0. The Balaban J connectivity index is 1.15. The fourth-order valence-electron chi connectivity index (χ4n) is 6.37. The van der Waals surface area contributed by atoms with Gasteiger partial charge in [-0.2, -0.15) is 0 Å². The molecule has 4 bridgehead atoms. The van der Waals surface area contributed by atoms with Crippen LogP contribution < -0.4 is 10.6 Å². The first-order valence-corrected chi connectivity index (χ1v) is 8.83. The molecule has 20 heavy (non-hydrogen) atoms. The van der Waals surface area contributed by atoms with E-state index in [9.17, 15) is 4.79 Å². The summed E-state index contributed by atoms with van der Waals surface area (Å²) in [4.78, 5) is 12.3. The summed E-state index contributed by atoms with van der Waals surface area (Å²) in [5.41, 5.74) is 0. The van der Waals surface area contributed by atoms with Crippen LogP contribution in [0.3, 0.4) is 0 Å². The second-order valence-electron chi connectivity index (χ2n) is 8.26.